The first kappa shape index (κ1) is 15.5. The summed E-state index contributed by atoms with van der Waals surface area (Å²) in [6, 6.07) is 4.46. The summed E-state index contributed by atoms with van der Waals surface area (Å²) in [5.74, 6) is 0.0594. The summed E-state index contributed by atoms with van der Waals surface area (Å²) < 4.78 is 37.1. The lowest BCUT2D eigenvalue weighted by Crippen LogP contribution is -2.21. The number of hydrogen-bond donors (Lipinski definition) is 1. The summed E-state index contributed by atoms with van der Waals surface area (Å²) in [7, 11) is 0. The highest BCUT2D eigenvalue weighted by Crippen LogP contribution is 2.29. The van der Waals surface area contributed by atoms with Gasteiger partial charge in [-0.3, -0.25) is 4.79 Å². The van der Waals surface area contributed by atoms with E-state index in [1.54, 1.807) is 6.92 Å². The Hall–Kier alpha value is -1.52. The van der Waals surface area contributed by atoms with Crippen molar-refractivity contribution in [3.8, 4) is 0 Å². The van der Waals surface area contributed by atoms with Crippen molar-refractivity contribution >= 4 is 11.6 Å². The standard InChI is InChI=1S/C14H18F3NO/c1-9(2)8-10(3)13(19)18-12-6-4-11(5-7-12)14(15,16)17/h4-7,9-10H,8H2,1-3H3,(H,18,19). The summed E-state index contributed by atoms with van der Waals surface area (Å²) in [4.78, 5) is 11.8. The van der Waals surface area contributed by atoms with E-state index in [4.69, 9.17) is 0 Å². The number of benzene rings is 1. The Labute approximate surface area is 111 Å². The van der Waals surface area contributed by atoms with Crippen LogP contribution in [-0.2, 0) is 11.0 Å². The second kappa shape index (κ2) is 6.08. The Morgan fingerprint density at radius 3 is 2.11 bits per heavy atom. The number of nitrogens with one attached hydrogen (secondary N) is 1. The first-order valence-corrected chi connectivity index (χ1v) is 6.18. The fraction of sp³-hybridized carbons (Fsp3) is 0.500. The Morgan fingerprint density at radius 2 is 1.68 bits per heavy atom. The van der Waals surface area contributed by atoms with Gasteiger partial charge < -0.3 is 5.32 Å². The van der Waals surface area contributed by atoms with Gasteiger partial charge in [-0.05, 0) is 36.6 Å². The molecule has 0 aromatic heterocycles. The van der Waals surface area contributed by atoms with E-state index in [1.165, 1.54) is 12.1 Å². The lowest BCUT2D eigenvalue weighted by molar-refractivity contribution is -0.137. The van der Waals surface area contributed by atoms with Crippen molar-refractivity contribution < 1.29 is 18.0 Å². The van der Waals surface area contributed by atoms with E-state index in [1.807, 2.05) is 13.8 Å². The minimum atomic E-state index is -4.35. The summed E-state index contributed by atoms with van der Waals surface area (Å²) in [6.07, 6.45) is -3.61. The van der Waals surface area contributed by atoms with E-state index >= 15 is 0 Å². The number of anilines is 1. The smallest absolute Gasteiger partial charge is 0.326 e. The fourth-order valence-corrected chi connectivity index (χ4v) is 1.82. The molecule has 0 spiro atoms. The van der Waals surface area contributed by atoms with E-state index < -0.39 is 11.7 Å². The lowest BCUT2D eigenvalue weighted by Gasteiger charge is -2.14. The van der Waals surface area contributed by atoms with E-state index in [0.29, 0.717) is 11.6 Å². The molecule has 0 aliphatic carbocycles. The normalized spacial score (nSPS) is 13.4. The molecular formula is C14H18F3NO. The van der Waals surface area contributed by atoms with Crippen LogP contribution in [0, 0.1) is 11.8 Å². The summed E-state index contributed by atoms with van der Waals surface area (Å²) in [6.45, 7) is 5.84. The van der Waals surface area contributed by atoms with Crippen molar-refractivity contribution in [1.29, 1.82) is 0 Å². The van der Waals surface area contributed by atoms with E-state index in [2.05, 4.69) is 5.32 Å². The molecule has 0 fully saturated rings. The van der Waals surface area contributed by atoms with Crippen LogP contribution in [-0.4, -0.2) is 5.91 Å². The van der Waals surface area contributed by atoms with Crippen LogP contribution < -0.4 is 5.32 Å². The van der Waals surface area contributed by atoms with E-state index in [-0.39, 0.29) is 11.8 Å². The van der Waals surface area contributed by atoms with Crippen LogP contribution in [0.25, 0.3) is 0 Å². The number of amides is 1. The van der Waals surface area contributed by atoms with Crippen LogP contribution in [0.15, 0.2) is 24.3 Å². The second-order valence-corrected chi connectivity index (χ2v) is 5.09. The van der Waals surface area contributed by atoms with Gasteiger partial charge in [0.1, 0.15) is 0 Å². The van der Waals surface area contributed by atoms with Crippen molar-refractivity contribution in [3.05, 3.63) is 29.8 Å². The SMILES string of the molecule is CC(C)CC(C)C(=O)Nc1ccc(C(F)(F)F)cc1. The van der Waals surface area contributed by atoms with Crippen molar-refractivity contribution in [2.75, 3.05) is 5.32 Å². The molecule has 0 aliphatic heterocycles. The van der Waals surface area contributed by atoms with Gasteiger partial charge in [0, 0.05) is 11.6 Å². The lowest BCUT2D eigenvalue weighted by atomic mass is 9.98. The maximum absolute atomic E-state index is 12.4. The number of carbonyl (C=O) groups is 1. The van der Waals surface area contributed by atoms with E-state index in [0.717, 1.165) is 18.6 Å². The molecule has 0 radical (unpaired) electrons. The number of alkyl halides is 3. The van der Waals surface area contributed by atoms with Crippen LogP contribution >= 0.6 is 0 Å². The molecule has 1 N–H and O–H groups in total. The summed E-state index contributed by atoms with van der Waals surface area (Å²) in [5.41, 5.74) is -0.339. The predicted octanol–water partition coefficient (Wildman–Crippen LogP) is 4.33. The summed E-state index contributed by atoms with van der Waals surface area (Å²) in [5, 5.41) is 2.62. The number of carbonyl (C=O) groups excluding carboxylic acids is 1. The van der Waals surface area contributed by atoms with Crippen LogP contribution in [0.2, 0.25) is 0 Å². The van der Waals surface area contributed by atoms with Gasteiger partial charge >= 0.3 is 6.18 Å². The van der Waals surface area contributed by atoms with Gasteiger partial charge in [0.15, 0.2) is 0 Å². The minimum absolute atomic E-state index is 0.165. The zero-order valence-corrected chi connectivity index (χ0v) is 11.2. The van der Waals surface area contributed by atoms with Crippen LogP contribution in [0.1, 0.15) is 32.8 Å². The molecule has 1 atom stereocenters. The zero-order chi connectivity index (χ0) is 14.6. The van der Waals surface area contributed by atoms with Crippen molar-refractivity contribution in [2.45, 2.75) is 33.4 Å². The molecule has 0 aliphatic rings. The molecule has 0 heterocycles. The molecule has 1 unspecified atom stereocenters. The maximum Gasteiger partial charge on any atom is 0.416 e. The van der Waals surface area contributed by atoms with Gasteiger partial charge in [-0.15, -0.1) is 0 Å². The molecule has 2 nitrogen and oxygen atoms in total. The molecule has 1 aromatic rings. The Kier molecular flexibility index (Phi) is 4.97. The first-order chi connectivity index (χ1) is 8.70. The molecule has 1 rings (SSSR count). The zero-order valence-electron chi connectivity index (χ0n) is 11.2. The molecule has 1 amide bonds. The summed E-state index contributed by atoms with van der Waals surface area (Å²) >= 11 is 0. The van der Waals surface area contributed by atoms with Crippen LogP contribution in [0.5, 0.6) is 0 Å². The van der Waals surface area contributed by atoms with Crippen LogP contribution in [0.4, 0.5) is 18.9 Å². The Morgan fingerprint density at radius 1 is 1.16 bits per heavy atom. The fourth-order valence-electron chi connectivity index (χ4n) is 1.82. The molecule has 19 heavy (non-hydrogen) atoms. The van der Waals surface area contributed by atoms with Gasteiger partial charge in [-0.2, -0.15) is 13.2 Å². The van der Waals surface area contributed by atoms with Crippen molar-refractivity contribution in [2.24, 2.45) is 11.8 Å². The Bertz CT molecular complexity index is 423. The monoisotopic (exact) mass is 273 g/mol. The maximum atomic E-state index is 12.4. The van der Waals surface area contributed by atoms with Gasteiger partial charge in [0.25, 0.3) is 0 Å². The highest BCUT2D eigenvalue weighted by atomic mass is 19.4. The second-order valence-electron chi connectivity index (χ2n) is 5.09. The molecule has 5 heteroatoms. The molecular weight excluding hydrogens is 255 g/mol. The highest BCUT2D eigenvalue weighted by Gasteiger charge is 2.30. The van der Waals surface area contributed by atoms with Gasteiger partial charge in [0.2, 0.25) is 5.91 Å². The van der Waals surface area contributed by atoms with E-state index in [9.17, 15) is 18.0 Å². The first-order valence-electron chi connectivity index (χ1n) is 6.18. The molecule has 106 valence electrons. The highest BCUT2D eigenvalue weighted by molar-refractivity contribution is 5.92. The average molecular weight is 273 g/mol. The average Bonchev–Trinajstić information content (AvgIpc) is 2.27. The predicted molar refractivity (Wildman–Crippen MR) is 68.7 cm³/mol. The number of rotatable bonds is 4. The quantitative estimate of drug-likeness (QED) is 0.869. The molecule has 0 bridgehead atoms. The van der Waals surface area contributed by atoms with Crippen molar-refractivity contribution in [3.63, 3.8) is 0 Å². The Balaban J connectivity index is 2.66. The third-order valence-corrected chi connectivity index (χ3v) is 2.75. The van der Waals surface area contributed by atoms with Crippen LogP contribution in [0.3, 0.4) is 0 Å². The van der Waals surface area contributed by atoms with Gasteiger partial charge in [-0.1, -0.05) is 20.8 Å². The number of hydrogen-bond acceptors (Lipinski definition) is 1. The number of halogens is 3. The largest absolute Gasteiger partial charge is 0.416 e. The molecule has 0 saturated carbocycles. The van der Waals surface area contributed by atoms with Gasteiger partial charge in [-0.25, -0.2) is 0 Å². The third-order valence-electron chi connectivity index (χ3n) is 2.75. The third kappa shape index (κ3) is 4.93. The molecule has 0 saturated heterocycles. The minimum Gasteiger partial charge on any atom is -0.326 e. The van der Waals surface area contributed by atoms with Gasteiger partial charge in [0.05, 0.1) is 5.56 Å². The molecule has 1 aromatic carbocycles. The van der Waals surface area contributed by atoms with Crippen molar-refractivity contribution in [1.82, 2.24) is 0 Å². The topological polar surface area (TPSA) is 29.1 Å².